The summed E-state index contributed by atoms with van der Waals surface area (Å²) in [6.07, 6.45) is 12.5. The highest BCUT2D eigenvalue weighted by atomic mass is 16.5. The van der Waals surface area contributed by atoms with Gasteiger partial charge in [-0.15, -0.1) is 0 Å². The lowest BCUT2D eigenvalue weighted by atomic mass is 9.83. The summed E-state index contributed by atoms with van der Waals surface area (Å²) in [5.41, 5.74) is 4.69. The number of ether oxygens (including phenoxy) is 1. The summed E-state index contributed by atoms with van der Waals surface area (Å²) in [6, 6.07) is 16.3. The monoisotopic (exact) mass is 442 g/mol. The molecule has 0 saturated carbocycles. The van der Waals surface area contributed by atoms with Crippen molar-refractivity contribution < 1.29 is 14.6 Å². The standard InChI is InChI=1S/C26H26N4O3/c31-25(32)17-33-24-8-4-7-21-13-19(9-10-23(21)24)15-30-16-22(14-28-30)26(29-12-11-27-18-29)20-5-2-1-3-6-20/h1-8,11-12,14,16,18-19,26H,9-10,13,15,17H2,(H,31,32). The van der Waals surface area contributed by atoms with E-state index in [1.807, 2.05) is 41.6 Å². The Morgan fingerprint density at radius 3 is 2.82 bits per heavy atom. The van der Waals surface area contributed by atoms with Crippen molar-refractivity contribution in [2.24, 2.45) is 5.92 Å². The molecule has 7 heteroatoms. The minimum atomic E-state index is -0.958. The van der Waals surface area contributed by atoms with Crippen LogP contribution in [-0.4, -0.2) is 37.0 Å². The summed E-state index contributed by atoms with van der Waals surface area (Å²) in [4.78, 5) is 15.1. The molecule has 4 aromatic rings. The van der Waals surface area contributed by atoms with Gasteiger partial charge >= 0.3 is 5.97 Å². The van der Waals surface area contributed by atoms with Crippen LogP contribution in [0.3, 0.4) is 0 Å². The number of carbonyl (C=O) groups is 1. The van der Waals surface area contributed by atoms with E-state index in [4.69, 9.17) is 9.84 Å². The van der Waals surface area contributed by atoms with E-state index >= 15 is 0 Å². The van der Waals surface area contributed by atoms with Gasteiger partial charge in [-0.1, -0.05) is 42.5 Å². The van der Waals surface area contributed by atoms with Crippen molar-refractivity contribution in [3.8, 4) is 5.75 Å². The van der Waals surface area contributed by atoms with Crippen LogP contribution in [0.4, 0.5) is 0 Å². The molecule has 2 aromatic carbocycles. The largest absolute Gasteiger partial charge is 0.482 e. The minimum absolute atomic E-state index is 0.0310. The molecule has 0 aliphatic heterocycles. The van der Waals surface area contributed by atoms with E-state index in [-0.39, 0.29) is 12.6 Å². The molecule has 0 radical (unpaired) electrons. The summed E-state index contributed by atoms with van der Waals surface area (Å²) < 4.78 is 9.65. The number of carboxylic acids is 1. The number of nitrogens with zero attached hydrogens (tertiary/aromatic N) is 4. The quantitative estimate of drug-likeness (QED) is 0.446. The van der Waals surface area contributed by atoms with Crippen molar-refractivity contribution in [2.75, 3.05) is 6.61 Å². The maximum atomic E-state index is 10.9. The van der Waals surface area contributed by atoms with Gasteiger partial charge in [-0.25, -0.2) is 9.78 Å². The van der Waals surface area contributed by atoms with Gasteiger partial charge in [0.15, 0.2) is 6.61 Å². The molecule has 2 atom stereocenters. The van der Waals surface area contributed by atoms with Crippen molar-refractivity contribution in [3.05, 3.63) is 102 Å². The number of aromatic nitrogens is 4. The van der Waals surface area contributed by atoms with Crippen molar-refractivity contribution in [3.63, 3.8) is 0 Å². The molecular weight excluding hydrogens is 416 g/mol. The van der Waals surface area contributed by atoms with E-state index in [2.05, 4.69) is 51.2 Å². The first-order valence-electron chi connectivity index (χ1n) is 11.2. The lowest BCUT2D eigenvalue weighted by molar-refractivity contribution is -0.139. The number of aliphatic carboxylic acids is 1. The molecule has 2 aromatic heterocycles. The third kappa shape index (κ3) is 4.67. The van der Waals surface area contributed by atoms with Crippen LogP contribution >= 0.6 is 0 Å². The van der Waals surface area contributed by atoms with E-state index in [0.717, 1.165) is 36.9 Å². The lowest BCUT2D eigenvalue weighted by Gasteiger charge is -2.26. The molecule has 0 amide bonds. The summed E-state index contributed by atoms with van der Waals surface area (Å²) in [6.45, 7) is 0.528. The zero-order chi connectivity index (χ0) is 22.6. The van der Waals surface area contributed by atoms with Crippen LogP contribution < -0.4 is 4.74 Å². The van der Waals surface area contributed by atoms with Gasteiger partial charge in [-0.3, -0.25) is 4.68 Å². The lowest BCUT2D eigenvalue weighted by Crippen LogP contribution is -2.21. The topological polar surface area (TPSA) is 82.2 Å². The summed E-state index contributed by atoms with van der Waals surface area (Å²) in [5, 5.41) is 13.6. The highest BCUT2D eigenvalue weighted by Gasteiger charge is 2.23. The molecule has 0 fully saturated rings. The van der Waals surface area contributed by atoms with Crippen molar-refractivity contribution in [1.82, 2.24) is 19.3 Å². The molecule has 7 nitrogen and oxygen atoms in total. The summed E-state index contributed by atoms with van der Waals surface area (Å²) >= 11 is 0. The van der Waals surface area contributed by atoms with E-state index < -0.39 is 5.97 Å². The Morgan fingerprint density at radius 1 is 1.15 bits per heavy atom. The van der Waals surface area contributed by atoms with Crippen LogP contribution in [0.5, 0.6) is 5.75 Å². The zero-order valence-corrected chi connectivity index (χ0v) is 18.2. The van der Waals surface area contributed by atoms with Crippen LogP contribution in [-0.2, 0) is 24.2 Å². The van der Waals surface area contributed by atoms with Gasteiger partial charge < -0.3 is 14.4 Å². The van der Waals surface area contributed by atoms with Crippen LogP contribution in [0.25, 0.3) is 0 Å². The van der Waals surface area contributed by atoms with Crippen molar-refractivity contribution in [2.45, 2.75) is 31.8 Å². The number of rotatable bonds is 8. The molecule has 2 unspecified atom stereocenters. The molecule has 0 bridgehead atoms. The Kier molecular flexibility index (Phi) is 5.93. The molecule has 2 heterocycles. The van der Waals surface area contributed by atoms with Crippen LogP contribution in [0.2, 0.25) is 0 Å². The van der Waals surface area contributed by atoms with E-state index in [1.54, 1.807) is 6.20 Å². The van der Waals surface area contributed by atoms with Gasteiger partial charge in [0.1, 0.15) is 5.75 Å². The van der Waals surface area contributed by atoms with Crippen molar-refractivity contribution >= 4 is 5.97 Å². The number of hydrogen-bond donors (Lipinski definition) is 1. The predicted octanol–water partition coefficient (Wildman–Crippen LogP) is 3.99. The van der Waals surface area contributed by atoms with Gasteiger partial charge in [0.2, 0.25) is 0 Å². The van der Waals surface area contributed by atoms with Gasteiger partial charge in [-0.2, -0.15) is 5.10 Å². The number of hydrogen-bond acceptors (Lipinski definition) is 4. The van der Waals surface area contributed by atoms with E-state index in [1.165, 1.54) is 11.1 Å². The fourth-order valence-corrected chi connectivity index (χ4v) is 4.76. The SMILES string of the molecule is O=C(O)COc1cccc2c1CCC(Cn1cc(C(c3ccccc3)n3ccnc3)cn1)C2. The number of fused-ring (bicyclic) bond motifs is 1. The number of benzene rings is 2. The third-order valence-corrected chi connectivity index (χ3v) is 6.24. The Morgan fingerprint density at radius 2 is 2.03 bits per heavy atom. The molecular formula is C26H26N4O3. The van der Waals surface area contributed by atoms with Gasteiger partial charge in [0, 0.05) is 30.7 Å². The second-order valence-electron chi connectivity index (χ2n) is 8.50. The smallest absolute Gasteiger partial charge is 0.341 e. The average Bonchev–Trinajstić information content (AvgIpc) is 3.51. The zero-order valence-electron chi connectivity index (χ0n) is 18.2. The van der Waals surface area contributed by atoms with Crippen LogP contribution in [0.15, 0.2) is 79.6 Å². The fourth-order valence-electron chi connectivity index (χ4n) is 4.76. The highest BCUT2D eigenvalue weighted by molar-refractivity contribution is 5.68. The summed E-state index contributed by atoms with van der Waals surface area (Å²) in [7, 11) is 0. The first-order valence-corrected chi connectivity index (χ1v) is 11.2. The molecule has 1 aliphatic carbocycles. The van der Waals surface area contributed by atoms with Gasteiger partial charge in [-0.05, 0) is 47.9 Å². The predicted molar refractivity (Wildman–Crippen MR) is 123 cm³/mol. The number of carboxylic acid groups (broad SMARTS) is 1. The molecule has 0 spiro atoms. The second-order valence-corrected chi connectivity index (χ2v) is 8.50. The maximum absolute atomic E-state index is 10.9. The molecule has 5 rings (SSSR count). The molecule has 33 heavy (non-hydrogen) atoms. The Hall–Kier alpha value is -3.87. The molecule has 1 N–H and O–H groups in total. The Labute approximate surface area is 192 Å². The Bertz CT molecular complexity index is 1220. The molecule has 168 valence electrons. The normalized spacial score (nSPS) is 16.2. The third-order valence-electron chi connectivity index (χ3n) is 6.24. The van der Waals surface area contributed by atoms with Crippen LogP contribution in [0.1, 0.15) is 34.7 Å². The molecule has 0 saturated heterocycles. The highest BCUT2D eigenvalue weighted by Crippen LogP contribution is 2.33. The second kappa shape index (κ2) is 9.32. The van der Waals surface area contributed by atoms with Gasteiger partial charge in [0.05, 0.1) is 18.6 Å². The molecule has 1 aliphatic rings. The number of imidazole rings is 1. The fraction of sp³-hybridized carbons (Fsp3) is 0.269. The first-order chi connectivity index (χ1) is 16.2. The average molecular weight is 443 g/mol. The minimum Gasteiger partial charge on any atom is -0.482 e. The first kappa shape index (κ1) is 21.0. The van der Waals surface area contributed by atoms with Crippen LogP contribution in [0, 0.1) is 5.92 Å². The maximum Gasteiger partial charge on any atom is 0.341 e. The Balaban J connectivity index is 1.32. The van der Waals surface area contributed by atoms with Crippen molar-refractivity contribution in [1.29, 1.82) is 0 Å². The van der Waals surface area contributed by atoms with E-state index in [0.29, 0.717) is 11.7 Å². The van der Waals surface area contributed by atoms with Gasteiger partial charge in [0.25, 0.3) is 0 Å². The summed E-state index contributed by atoms with van der Waals surface area (Å²) in [5.74, 6) is 0.199. The van der Waals surface area contributed by atoms with E-state index in [9.17, 15) is 4.79 Å².